The third-order valence-electron chi connectivity index (χ3n) is 2.75. The number of thioether (sulfide) groups is 1. The van der Waals surface area contributed by atoms with Crippen molar-refractivity contribution in [1.29, 1.82) is 5.26 Å². The van der Waals surface area contributed by atoms with Gasteiger partial charge in [0, 0.05) is 15.9 Å². The maximum absolute atomic E-state index is 9.33. The molecular weight excluding hydrogens is 322 g/mol. The van der Waals surface area contributed by atoms with Gasteiger partial charge in [0.25, 0.3) is 0 Å². The predicted molar refractivity (Wildman–Crippen MR) is 84.2 cm³/mol. The van der Waals surface area contributed by atoms with Crippen molar-refractivity contribution in [3.63, 3.8) is 0 Å². The van der Waals surface area contributed by atoms with Crippen molar-refractivity contribution in [3.8, 4) is 6.07 Å². The van der Waals surface area contributed by atoms with Crippen LogP contribution in [-0.2, 0) is 0 Å². The summed E-state index contributed by atoms with van der Waals surface area (Å²) in [5, 5.41) is 14.0. The molecule has 0 aliphatic heterocycles. The second kappa shape index (κ2) is 7.88. The van der Waals surface area contributed by atoms with E-state index < -0.39 is 5.54 Å². The van der Waals surface area contributed by atoms with E-state index in [4.69, 9.17) is 0 Å². The van der Waals surface area contributed by atoms with Crippen LogP contribution in [0.2, 0.25) is 0 Å². The standard InChI is InChI=1S/C14H20BrN3S/c1-4-7-18-14(3,10-16)9-11(2)19-13-12(15)6-5-8-17-13/h5-6,8,11,18H,4,7,9H2,1-3H3. The van der Waals surface area contributed by atoms with E-state index in [1.54, 1.807) is 18.0 Å². The zero-order chi connectivity index (χ0) is 14.3. The lowest BCUT2D eigenvalue weighted by atomic mass is 9.98. The number of halogens is 1. The quantitative estimate of drug-likeness (QED) is 0.761. The van der Waals surface area contributed by atoms with Gasteiger partial charge in [-0.3, -0.25) is 5.32 Å². The first-order valence-electron chi connectivity index (χ1n) is 6.44. The van der Waals surface area contributed by atoms with Gasteiger partial charge in [0.15, 0.2) is 0 Å². The molecule has 104 valence electrons. The van der Waals surface area contributed by atoms with Crippen LogP contribution in [0.15, 0.2) is 27.8 Å². The van der Waals surface area contributed by atoms with Crippen molar-refractivity contribution in [2.75, 3.05) is 6.54 Å². The summed E-state index contributed by atoms with van der Waals surface area (Å²) >= 11 is 5.20. The Morgan fingerprint density at radius 2 is 2.37 bits per heavy atom. The summed E-state index contributed by atoms with van der Waals surface area (Å²) in [5.41, 5.74) is -0.469. The molecule has 0 amide bonds. The second-order valence-electron chi connectivity index (χ2n) is 4.79. The number of hydrogen-bond acceptors (Lipinski definition) is 4. The summed E-state index contributed by atoms with van der Waals surface area (Å²) in [5.74, 6) is 0. The summed E-state index contributed by atoms with van der Waals surface area (Å²) in [6, 6.07) is 6.28. The first-order chi connectivity index (χ1) is 9.00. The number of nitrogens with one attached hydrogen (secondary N) is 1. The summed E-state index contributed by atoms with van der Waals surface area (Å²) in [6.07, 6.45) is 3.61. The molecule has 1 heterocycles. The maximum atomic E-state index is 9.33. The Morgan fingerprint density at radius 3 is 2.95 bits per heavy atom. The Bertz CT molecular complexity index is 447. The molecule has 5 heteroatoms. The summed E-state index contributed by atoms with van der Waals surface area (Å²) < 4.78 is 1.01. The van der Waals surface area contributed by atoms with Gasteiger partial charge in [0.2, 0.25) is 0 Å². The zero-order valence-corrected chi connectivity index (χ0v) is 14.0. The van der Waals surface area contributed by atoms with Gasteiger partial charge in [-0.2, -0.15) is 5.26 Å². The monoisotopic (exact) mass is 341 g/mol. The molecule has 0 saturated carbocycles. The lowest BCUT2D eigenvalue weighted by Gasteiger charge is -2.26. The largest absolute Gasteiger partial charge is 0.300 e. The summed E-state index contributed by atoms with van der Waals surface area (Å²) in [6.45, 7) is 7.07. The minimum atomic E-state index is -0.469. The topological polar surface area (TPSA) is 48.7 Å². The van der Waals surface area contributed by atoms with E-state index in [0.29, 0.717) is 5.25 Å². The van der Waals surface area contributed by atoms with Gasteiger partial charge in [0.1, 0.15) is 10.6 Å². The molecule has 3 nitrogen and oxygen atoms in total. The number of nitriles is 1. The average Bonchev–Trinajstić information content (AvgIpc) is 2.39. The highest BCUT2D eigenvalue weighted by molar-refractivity contribution is 9.10. The Kier molecular flexibility index (Phi) is 6.84. The fraction of sp³-hybridized carbons (Fsp3) is 0.571. The number of aromatic nitrogens is 1. The van der Waals surface area contributed by atoms with Gasteiger partial charge in [-0.05, 0) is 54.4 Å². The van der Waals surface area contributed by atoms with Crippen LogP contribution in [0, 0.1) is 11.3 Å². The summed E-state index contributed by atoms with van der Waals surface area (Å²) in [7, 11) is 0. The van der Waals surface area contributed by atoms with Crippen molar-refractivity contribution >= 4 is 27.7 Å². The van der Waals surface area contributed by atoms with Gasteiger partial charge < -0.3 is 0 Å². The van der Waals surface area contributed by atoms with Crippen LogP contribution in [-0.4, -0.2) is 22.3 Å². The van der Waals surface area contributed by atoms with E-state index >= 15 is 0 Å². The fourth-order valence-electron chi connectivity index (χ4n) is 1.82. The molecule has 0 fully saturated rings. The van der Waals surface area contributed by atoms with E-state index in [2.05, 4.69) is 46.1 Å². The lowest BCUT2D eigenvalue weighted by Crippen LogP contribution is -2.43. The number of pyridine rings is 1. The lowest BCUT2D eigenvalue weighted by molar-refractivity contribution is 0.418. The molecule has 1 rings (SSSR count). The third kappa shape index (κ3) is 5.52. The summed E-state index contributed by atoms with van der Waals surface area (Å²) in [4.78, 5) is 4.35. The fourth-order valence-corrected chi connectivity index (χ4v) is 3.46. The van der Waals surface area contributed by atoms with Gasteiger partial charge in [-0.25, -0.2) is 4.98 Å². The molecule has 1 aromatic rings. The Hall–Kier alpha value is -0.570. The van der Waals surface area contributed by atoms with E-state index in [9.17, 15) is 5.26 Å². The van der Waals surface area contributed by atoms with Gasteiger partial charge in [-0.1, -0.05) is 13.8 Å². The number of rotatable bonds is 7. The van der Waals surface area contributed by atoms with Gasteiger partial charge >= 0.3 is 0 Å². The highest BCUT2D eigenvalue weighted by Crippen LogP contribution is 2.31. The minimum Gasteiger partial charge on any atom is -0.300 e. The molecule has 0 aliphatic rings. The van der Waals surface area contributed by atoms with Crippen molar-refractivity contribution in [1.82, 2.24) is 10.3 Å². The average molecular weight is 342 g/mol. The highest BCUT2D eigenvalue weighted by Gasteiger charge is 2.26. The molecule has 0 aromatic carbocycles. The van der Waals surface area contributed by atoms with Crippen LogP contribution in [0.5, 0.6) is 0 Å². The smallest absolute Gasteiger partial charge is 0.110 e. The zero-order valence-electron chi connectivity index (χ0n) is 11.6. The minimum absolute atomic E-state index is 0.320. The molecule has 0 saturated heterocycles. The highest BCUT2D eigenvalue weighted by atomic mass is 79.9. The Morgan fingerprint density at radius 1 is 1.63 bits per heavy atom. The molecule has 0 spiro atoms. The molecule has 0 radical (unpaired) electrons. The van der Waals surface area contributed by atoms with Crippen LogP contribution >= 0.6 is 27.7 Å². The third-order valence-corrected chi connectivity index (χ3v) is 4.77. The maximum Gasteiger partial charge on any atom is 0.110 e. The van der Waals surface area contributed by atoms with Gasteiger partial charge in [0.05, 0.1) is 6.07 Å². The Labute approximate surface area is 128 Å². The van der Waals surface area contributed by atoms with E-state index in [0.717, 1.165) is 28.9 Å². The van der Waals surface area contributed by atoms with Crippen LogP contribution in [0.25, 0.3) is 0 Å². The van der Waals surface area contributed by atoms with Crippen molar-refractivity contribution in [3.05, 3.63) is 22.8 Å². The van der Waals surface area contributed by atoms with Gasteiger partial charge in [-0.15, -0.1) is 11.8 Å². The van der Waals surface area contributed by atoms with E-state index in [1.165, 1.54) is 0 Å². The molecule has 19 heavy (non-hydrogen) atoms. The number of nitrogens with zero attached hydrogens (tertiary/aromatic N) is 2. The second-order valence-corrected chi connectivity index (χ2v) is 7.08. The first-order valence-corrected chi connectivity index (χ1v) is 8.11. The Balaban J connectivity index is 2.61. The van der Waals surface area contributed by atoms with E-state index in [1.807, 2.05) is 19.1 Å². The van der Waals surface area contributed by atoms with Crippen LogP contribution in [0.3, 0.4) is 0 Å². The molecule has 0 bridgehead atoms. The van der Waals surface area contributed by atoms with Crippen LogP contribution in [0.4, 0.5) is 0 Å². The molecule has 2 unspecified atom stereocenters. The van der Waals surface area contributed by atoms with Crippen molar-refractivity contribution in [2.45, 2.75) is 49.4 Å². The van der Waals surface area contributed by atoms with E-state index in [-0.39, 0.29) is 0 Å². The van der Waals surface area contributed by atoms with Crippen molar-refractivity contribution < 1.29 is 0 Å². The molecule has 0 aliphatic carbocycles. The van der Waals surface area contributed by atoms with Crippen LogP contribution < -0.4 is 5.32 Å². The SMILES string of the molecule is CCCNC(C)(C#N)CC(C)Sc1ncccc1Br. The molecular formula is C14H20BrN3S. The number of hydrogen-bond donors (Lipinski definition) is 1. The van der Waals surface area contributed by atoms with Crippen LogP contribution in [0.1, 0.15) is 33.6 Å². The predicted octanol–water partition coefficient (Wildman–Crippen LogP) is 4.00. The molecule has 1 N–H and O–H groups in total. The molecule has 1 aromatic heterocycles. The first kappa shape index (κ1) is 16.5. The molecule has 2 atom stereocenters. The van der Waals surface area contributed by atoms with Crippen molar-refractivity contribution in [2.24, 2.45) is 0 Å². The normalized spacial score (nSPS) is 15.5.